The molecule has 1 amide bonds. The van der Waals surface area contributed by atoms with Crippen LogP contribution >= 0.6 is 0 Å². The zero-order valence-corrected chi connectivity index (χ0v) is 13.0. The number of hydrogen-bond acceptors (Lipinski definition) is 5. The monoisotopic (exact) mass is 307 g/mol. The molecule has 2 atom stereocenters. The zero-order valence-electron chi connectivity index (χ0n) is 13.0. The first-order chi connectivity index (χ1) is 10.3. The normalized spacial score (nSPS) is 18.2. The number of ether oxygens (including phenoxy) is 3. The van der Waals surface area contributed by atoms with Crippen molar-refractivity contribution in [3.05, 3.63) is 35.9 Å². The minimum absolute atomic E-state index is 0.152. The molecular formula is C16H21NO5. The first kappa shape index (κ1) is 16.3. The van der Waals surface area contributed by atoms with E-state index in [1.54, 1.807) is 20.8 Å². The molecule has 0 aromatic heterocycles. The van der Waals surface area contributed by atoms with Gasteiger partial charge in [-0.3, -0.25) is 0 Å². The number of esters is 1. The molecule has 1 aliphatic rings. The van der Waals surface area contributed by atoms with E-state index in [0.717, 1.165) is 5.56 Å². The van der Waals surface area contributed by atoms with E-state index in [9.17, 15) is 9.59 Å². The van der Waals surface area contributed by atoms with Gasteiger partial charge in [0.1, 0.15) is 18.3 Å². The smallest absolute Gasteiger partial charge is 0.408 e. The van der Waals surface area contributed by atoms with Crippen molar-refractivity contribution in [1.29, 1.82) is 0 Å². The largest absolute Gasteiger partial charge is 0.459 e. The molecule has 0 saturated carbocycles. The quantitative estimate of drug-likeness (QED) is 0.665. The number of benzene rings is 1. The maximum absolute atomic E-state index is 12.1. The molecule has 1 aromatic carbocycles. The van der Waals surface area contributed by atoms with Gasteiger partial charge in [0.15, 0.2) is 6.04 Å². The molecule has 1 heterocycles. The summed E-state index contributed by atoms with van der Waals surface area (Å²) < 4.78 is 15.5. The molecular weight excluding hydrogens is 286 g/mol. The summed E-state index contributed by atoms with van der Waals surface area (Å²) in [5.41, 5.74) is 0.246. The van der Waals surface area contributed by atoms with Crippen molar-refractivity contribution in [2.24, 2.45) is 0 Å². The summed E-state index contributed by atoms with van der Waals surface area (Å²) in [4.78, 5) is 23.9. The van der Waals surface area contributed by atoms with Gasteiger partial charge in [0.2, 0.25) is 0 Å². The van der Waals surface area contributed by atoms with Crippen LogP contribution in [0.5, 0.6) is 0 Å². The third-order valence-corrected chi connectivity index (χ3v) is 2.88. The number of carbonyl (C=O) groups excluding carboxylic acids is 2. The van der Waals surface area contributed by atoms with E-state index in [4.69, 9.17) is 14.2 Å². The van der Waals surface area contributed by atoms with Gasteiger partial charge in [0.05, 0.1) is 6.61 Å². The van der Waals surface area contributed by atoms with E-state index in [2.05, 4.69) is 5.32 Å². The molecule has 2 unspecified atom stereocenters. The van der Waals surface area contributed by atoms with E-state index in [1.807, 2.05) is 30.3 Å². The molecule has 0 spiro atoms. The molecule has 2 rings (SSSR count). The standard InChI is InChI=1S/C16H21NO5/c1-16(2,3)22-15(19)17-13(12-10-20-12)14(18)21-9-11-7-5-4-6-8-11/h4-8,12-13H,9-10H2,1-3H3,(H,17,19). The molecule has 0 aliphatic carbocycles. The van der Waals surface area contributed by atoms with Gasteiger partial charge in [0, 0.05) is 0 Å². The molecule has 0 bridgehead atoms. The number of epoxide rings is 1. The summed E-state index contributed by atoms with van der Waals surface area (Å²) in [6.07, 6.45) is -1.01. The summed E-state index contributed by atoms with van der Waals surface area (Å²) in [7, 11) is 0. The minimum atomic E-state index is -0.849. The Labute approximate surface area is 129 Å². The van der Waals surface area contributed by atoms with Crippen LogP contribution in [-0.4, -0.2) is 36.4 Å². The lowest BCUT2D eigenvalue weighted by Crippen LogP contribution is -2.47. The van der Waals surface area contributed by atoms with Crippen LogP contribution in [0.25, 0.3) is 0 Å². The summed E-state index contributed by atoms with van der Waals surface area (Å²) >= 11 is 0. The average molecular weight is 307 g/mol. The fraction of sp³-hybridized carbons (Fsp3) is 0.500. The van der Waals surface area contributed by atoms with Crippen molar-refractivity contribution in [2.45, 2.75) is 45.1 Å². The van der Waals surface area contributed by atoms with E-state index in [-0.39, 0.29) is 12.7 Å². The Hall–Kier alpha value is -2.08. The van der Waals surface area contributed by atoms with Crippen LogP contribution in [0.1, 0.15) is 26.3 Å². The molecule has 0 radical (unpaired) electrons. The van der Waals surface area contributed by atoms with Gasteiger partial charge in [-0.1, -0.05) is 30.3 Å². The van der Waals surface area contributed by atoms with Gasteiger partial charge in [0.25, 0.3) is 0 Å². The van der Waals surface area contributed by atoms with Crippen LogP contribution in [0.15, 0.2) is 30.3 Å². The van der Waals surface area contributed by atoms with E-state index >= 15 is 0 Å². The Morgan fingerprint density at radius 1 is 1.32 bits per heavy atom. The molecule has 1 saturated heterocycles. The SMILES string of the molecule is CC(C)(C)OC(=O)NC(C(=O)OCc1ccccc1)C1CO1. The molecule has 6 heteroatoms. The Morgan fingerprint density at radius 2 is 1.95 bits per heavy atom. The molecule has 1 N–H and O–H groups in total. The third kappa shape index (κ3) is 5.37. The van der Waals surface area contributed by atoms with Crippen LogP contribution in [-0.2, 0) is 25.6 Å². The first-order valence-corrected chi connectivity index (χ1v) is 7.17. The van der Waals surface area contributed by atoms with Gasteiger partial charge >= 0.3 is 12.1 Å². The summed E-state index contributed by atoms with van der Waals surface area (Å²) in [5.74, 6) is -0.530. The van der Waals surface area contributed by atoms with Crippen molar-refractivity contribution < 1.29 is 23.8 Å². The molecule has 22 heavy (non-hydrogen) atoms. The maximum atomic E-state index is 12.1. The van der Waals surface area contributed by atoms with Gasteiger partial charge in [-0.05, 0) is 26.3 Å². The lowest BCUT2D eigenvalue weighted by molar-refractivity contribution is -0.148. The number of alkyl carbamates (subject to hydrolysis) is 1. The number of carbonyl (C=O) groups is 2. The van der Waals surface area contributed by atoms with Crippen LogP contribution in [0.3, 0.4) is 0 Å². The lowest BCUT2D eigenvalue weighted by Gasteiger charge is -2.22. The van der Waals surface area contributed by atoms with E-state index in [0.29, 0.717) is 6.61 Å². The summed E-state index contributed by atoms with van der Waals surface area (Å²) in [5, 5.41) is 2.51. The summed E-state index contributed by atoms with van der Waals surface area (Å²) in [6.45, 7) is 5.83. The second kappa shape index (κ2) is 6.79. The van der Waals surface area contributed by atoms with Crippen LogP contribution < -0.4 is 5.32 Å². The molecule has 120 valence electrons. The van der Waals surface area contributed by atoms with Crippen molar-refractivity contribution in [1.82, 2.24) is 5.32 Å². The van der Waals surface area contributed by atoms with E-state index < -0.39 is 23.7 Å². The zero-order chi connectivity index (χ0) is 16.2. The molecule has 1 fully saturated rings. The summed E-state index contributed by atoms with van der Waals surface area (Å²) in [6, 6.07) is 8.48. The van der Waals surface area contributed by atoms with Crippen molar-refractivity contribution in [3.8, 4) is 0 Å². The Kier molecular flexibility index (Phi) is 5.03. The first-order valence-electron chi connectivity index (χ1n) is 7.17. The van der Waals surface area contributed by atoms with Gasteiger partial charge < -0.3 is 19.5 Å². The third-order valence-electron chi connectivity index (χ3n) is 2.88. The lowest BCUT2D eigenvalue weighted by atomic mass is 10.2. The molecule has 1 aliphatic heterocycles. The van der Waals surface area contributed by atoms with Gasteiger partial charge in [-0.15, -0.1) is 0 Å². The van der Waals surface area contributed by atoms with Crippen LogP contribution in [0.2, 0.25) is 0 Å². The fourth-order valence-corrected chi connectivity index (χ4v) is 1.80. The number of rotatable bonds is 5. The van der Waals surface area contributed by atoms with E-state index in [1.165, 1.54) is 0 Å². The second-order valence-electron chi connectivity index (χ2n) is 6.09. The highest BCUT2D eigenvalue weighted by molar-refractivity contribution is 5.82. The number of nitrogens with one attached hydrogen (secondary N) is 1. The minimum Gasteiger partial charge on any atom is -0.459 e. The topological polar surface area (TPSA) is 77.2 Å². The highest BCUT2D eigenvalue weighted by Gasteiger charge is 2.41. The average Bonchev–Trinajstić information content (AvgIpc) is 3.26. The predicted molar refractivity (Wildman–Crippen MR) is 79.1 cm³/mol. The van der Waals surface area contributed by atoms with Gasteiger partial charge in [-0.25, -0.2) is 9.59 Å². The highest BCUT2D eigenvalue weighted by Crippen LogP contribution is 2.17. The second-order valence-corrected chi connectivity index (χ2v) is 6.09. The Balaban J connectivity index is 1.87. The maximum Gasteiger partial charge on any atom is 0.408 e. The Morgan fingerprint density at radius 3 is 2.50 bits per heavy atom. The van der Waals surface area contributed by atoms with Gasteiger partial charge in [-0.2, -0.15) is 0 Å². The molecule has 6 nitrogen and oxygen atoms in total. The van der Waals surface area contributed by atoms with Crippen LogP contribution in [0.4, 0.5) is 4.79 Å². The van der Waals surface area contributed by atoms with Crippen molar-refractivity contribution in [3.63, 3.8) is 0 Å². The number of hydrogen-bond donors (Lipinski definition) is 1. The van der Waals surface area contributed by atoms with Crippen molar-refractivity contribution >= 4 is 12.1 Å². The van der Waals surface area contributed by atoms with Crippen molar-refractivity contribution in [2.75, 3.05) is 6.61 Å². The van der Waals surface area contributed by atoms with Crippen LogP contribution in [0, 0.1) is 0 Å². The predicted octanol–water partition coefficient (Wildman–Crippen LogP) is 2.02. The fourth-order valence-electron chi connectivity index (χ4n) is 1.80. The highest BCUT2D eigenvalue weighted by atomic mass is 16.6. The Bertz CT molecular complexity index is 519. The number of amides is 1. The molecule has 1 aromatic rings.